The van der Waals surface area contributed by atoms with E-state index in [1.54, 1.807) is 11.8 Å². The lowest BCUT2D eigenvalue weighted by molar-refractivity contribution is 0.279. The van der Waals surface area contributed by atoms with Crippen molar-refractivity contribution in [2.24, 2.45) is 0 Å². The highest BCUT2D eigenvalue weighted by Crippen LogP contribution is 2.34. The van der Waals surface area contributed by atoms with Crippen molar-refractivity contribution in [3.63, 3.8) is 0 Å². The van der Waals surface area contributed by atoms with Crippen molar-refractivity contribution in [3.05, 3.63) is 58.6 Å². The van der Waals surface area contributed by atoms with Gasteiger partial charge in [-0.15, -0.1) is 0 Å². The van der Waals surface area contributed by atoms with E-state index in [1.165, 1.54) is 10.5 Å². The number of aryl methyl sites for hydroxylation is 1. The summed E-state index contributed by atoms with van der Waals surface area (Å²) < 4.78 is 0. The number of hydrogen-bond donors (Lipinski definition) is 1. The van der Waals surface area contributed by atoms with E-state index in [4.69, 9.17) is 11.6 Å². The molecule has 2 aromatic carbocycles. The smallest absolute Gasteiger partial charge is 0.0693 e. The van der Waals surface area contributed by atoms with E-state index in [0.29, 0.717) is 5.02 Å². The fraction of sp³-hybridized carbons (Fsp3) is 0.333. The van der Waals surface area contributed by atoms with Gasteiger partial charge in [-0.1, -0.05) is 41.6 Å². The van der Waals surface area contributed by atoms with Crippen LogP contribution in [0.15, 0.2) is 52.3 Å². The van der Waals surface area contributed by atoms with Crippen molar-refractivity contribution in [2.45, 2.75) is 29.2 Å². The highest BCUT2D eigenvalue weighted by molar-refractivity contribution is 7.99. The maximum absolute atomic E-state index is 9.52. The van der Waals surface area contributed by atoms with Crippen LogP contribution in [0.5, 0.6) is 0 Å². The van der Waals surface area contributed by atoms with E-state index in [-0.39, 0.29) is 6.61 Å². The maximum atomic E-state index is 9.52. The van der Waals surface area contributed by atoms with Crippen LogP contribution in [-0.4, -0.2) is 30.6 Å². The molecular formula is C18H22ClNOS. The van der Waals surface area contributed by atoms with E-state index in [1.807, 2.05) is 18.2 Å². The third kappa shape index (κ3) is 5.03. The van der Waals surface area contributed by atoms with E-state index in [0.717, 1.165) is 29.8 Å². The minimum Gasteiger partial charge on any atom is -0.392 e. The summed E-state index contributed by atoms with van der Waals surface area (Å²) >= 11 is 7.70. The zero-order chi connectivity index (χ0) is 15.9. The topological polar surface area (TPSA) is 23.5 Å². The Morgan fingerprint density at radius 3 is 2.50 bits per heavy atom. The molecule has 0 bridgehead atoms. The second kappa shape index (κ2) is 8.59. The van der Waals surface area contributed by atoms with Crippen molar-refractivity contribution in [2.75, 3.05) is 20.6 Å². The molecule has 2 rings (SSSR count). The molecule has 0 unspecified atom stereocenters. The molecule has 0 heterocycles. The van der Waals surface area contributed by atoms with Crippen molar-refractivity contribution < 1.29 is 5.11 Å². The van der Waals surface area contributed by atoms with Gasteiger partial charge in [0.15, 0.2) is 0 Å². The second-order valence-electron chi connectivity index (χ2n) is 5.53. The molecule has 22 heavy (non-hydrogen) atoms. The molecule has 0 saturated carbocycles. The Kier molecular flexibility index (Phi) is 6.77. The van der Waals surface area contributed by atoms with Gasteiger partial charge in [-0.25, -0.2) is 0 Å². The molecule has 118 valence electrons. The Morgan fingerprint density at radius 1 is 1.05 bits per heavy atom. The van der Waals surface area contributed by atoms with Crippen LogP contribution in [0.25, 0.3) is 0 Å². The van der Waals surface area contributed by atoms with Gasteiger partial charge in [-0.05, 0) is 68.9 Å². The number of benzene rings is 2. The predicted molar refractivity (Wildman–Crippen MR) is 94.8 cm³/mol. The fourth-order valence-corrected chi connectivity index (χ4v) is 3.56. The number of nitrogens with zero attached hydrogens (tertiary/aromatic N) is 1. The van der Waals surface area contributed by atoms with Crippen LogP contribution in [0.4, 0.5) is 0 Å². The minimum absolute atomic E-state index is 0.00564. The first-order valence-electron chi connectivity index (χ1n) is 7.40. The lowest BCUT2D eigenvalue weighted by Crippen LogP contribution is -2.13. The number of rotatable bonds is 7. The molecule has 0 fully saturated rings. The summed E-state index contributed by atoms with van der Waals surface area (Å²) in [7, 11) is 4.20. The lowest BCUT2D eigenvalue weighted by atomic mass is 10.1. The van der Waals surface area contributed by atoms with Crippen LogP contribution in [-0.2, 0) is 13.0 Å². The summed E-state index contributed by atoms with van der Waals surface area (Å²) in [5.74, 6) is 0. The first-order valence-corrected chi connectivity index (χ1v) is 8.59. The SMILES string of the molecule is CN(C)CCCc1ccccc1Sc1ccc(Cl)cc1CO. The average molecular weight is 336 g/mol. The molecule has 0 aliphatic rings. The molecule has 0 spiro atoms. The lowest BCUT2D eigenvalue weighted by Gasteiger charge is -2.13. The molecule has 0 saturated heterocycles. The standard InChI is InChI=1S/C18H22ClNOS/c1-20(2)11-5-7-14-6-3-4-8-17(14)22-18-10-9-16(19)12-15(18)13-21/h3-4,6,8-10,12,21H,5,7,11,13H2,1-2H3. The zero-order valence-electron chi connectivity index (χ0n) is 13.1. The summed E-state index contributed by atoms with van der Waals surface area (Å²) in [6.45, 7) is 1.09. The summed E-state index contributed by atoms with van der Waals surface area (Å²) in [4.78, 5) is 4.52. The van der Waals surface area contributed by atoms with Gasteiger partial charge in [-0.2, -0.15) is 0 Å². The number of aliphatic hydroxyl groups excluding tert-OH is 1. The van der Waals surface area contributed by atoms with E-state index in [2.05, 4.69) is 43.3 Å². The van der Waals surface area contributed by atoms with Crippen LogP contribution < -0.4 is 0 Å². The van der Waals surface area contributed by atoms with Gasteiger partial charge in [-0.3, -0.25) is 0 Å². The Bertz CT molecular complexity index is 616. The Balaban J connectivity index is 2.16. The predicted octanol–water partition coefficient (Wildman–Crippen LogP) is 4.48. The number of hydrogen-bond acceptors (Lipinski definition) is 3. The Labute approximate surface area is 142 Å². The number of aliphatic hydroxyl groups is 1. The second-order valence-corrected chi connectivity index (χ2v) is 7.05. The van der Waals surface area contributed by atoms with E-state index >= 15 is 0 Å². The van der Waals surface area contributed by atoms with Gasteiger partial charge in [0.05, 0.1) is 6.61 Å². The monoisotopic (exact) mass is 335 g/mol. The Morgan fingerprint density at radius 2 is 1.77 bits per heavy atom. The minimum atomic E-state index is 0.00564. The fourth-order valence-electron chi connectivity index (χ4n) is 2.29. The molecule has 0 aromatic heterocycles. The van der Waals surface area contributed by atoms with Crippen molar-refractivity contribution in [3.8, 4) is 0 Å². The summed E-state index contributed by atoms with van der Waals surface area (Å²) in [5, 5.41) is 10.2. The van der Waals surface area contributed by atoms with Crippen LogP contribution in [0.1, 0.15) is 17.5 Å². The molecule has 0 atom stereocenters. The van der Waals surface area contributed by atoms with E-state index in [9.17, 15) is 5.11 Å². The third-order valence-electron chi connectivity index (χ3n) is 3.44. The van der Waals surface area contributed by atoms with Gasteiger partial charge in [0, 0.05) is 14.8 Å². The van der Waals surface area contributed by atoms with Gasteiger partial charge in [0.2, 0.25) is 0 Å². The third-order valence-corrected chi connectivity index (χ3v) is 4.91. The quantitative estimate of drug-likeness (QED) is 0.807. The van der Waals surface area contributed by atoms with Crippen LogP contribution in [0.3, 0.4) is 0 Å². The molecule has 2 aromatic rings. The molecule has 2 nitrogen and oxygen atoms in total. The number of halogens is 1. The van der Waals surface area contributed by atoms with Gasteiger partial charge in [0.25, 0.3) is 0 Å². The normalized spacial score (nSPS) is 11.1. The average Bonchev–Trinajstić information content (AvgIpc) is 2.50. The largest absolute Gasteiger partial charge is 0.392 e. The summed E-state index contributed by atoms with van der Waals surface area (Å²) in [5.41, 5.74) is 2.23. The maximum Gasteiger partial charge on any atom is 0.0693 e. The van der Waals surface area contributed by atoms with Crippen molar-refractivity contribution in [1.82, 2.24) is 4.90 Å². The van der Waals surface area contributed by atoms with Crippen LogP contribution in [0.2, 0.25) is 5.02 Å². The molecule has 4 heteroatoms. The summed E-state index contributed by atoms with van der Waals surface area (Å²) in [6.07, 6.45) is 2.20. The summed E-state index contributed by atoms with van der Waals surface area (Å²) in [6, 6.07) is 14.2. The molecule has 0 radical (unpaired) electrons. The molecule has 0 amide bonds. The first kappa shape index (κ1) is 17.4. The highest BCUT2D eigenvalue weighted by Gasteiger charge is 2.08. The van der Waals surface area contributed by atoms with Crippen molar-refractivity contribution >= 4 is 23.4 Å². The van der Waals surface area contributed by atoms with Crippen LogP contribution >= 0.6 is 23.4 Å². The molecule has 0 aliphatic heterocycles. The van der Waals surface area contributed by atoms with Crippen LogP contribution in [0, 0.1) is 0 Å². The Hall–Kier alpha value is -1.00. The van der Waals surface area contributed by atoms with Gasteiger partial charge >= 0.3 is 0 Å². The first-order chi connectivity index (χ1) is 10.6. The van der Waals surface area contributed by atoms with Gasteiger partial charge < -0.3 is 10.0 Å². The highest BCUT2D eigenvalue weighted by atomic mass is 35.5. The molecule has 1 N–H and O–H groups in total. The zero-order valence-corrected chi connectivity index (χ0v) is 14.6. The van der Waals surface area contributed by atoms with Gasteiger partial charge in [0.1, 0.15) is 0 Å². The van der Waals surface area contributed by atoms with Crippen molar-refractivity contribution in [1.29, 1.82) is 0 Å². The molecule has 0 aliphatic carbocycles. The van der Waals surface area contributed by atoms with E-state index < -0.39 is 0 Å². The molecular weight excluding hydrogens is 314 g/mol.